The van der Waals surface area contributed by atoms with Gasteiger partial charge in [-0.1, -0.05) is 5.21 Å². The van der Waals surface area contributed by atoms with E-state index < -0.39 is 0 Å². The molecule has 132 valence electrons. The average molecular weight is 345 g/mol. The van der Waals surface area contributed by atoms with Gasteiger partial charge in [0.25, 0.3) is 0 Å². The molecule has 7 nitrogen and oxygen atoms in total. The Bertz CT molecular complexity index is 820. The Morgan fingerprint density at radius 2 is 2.16 bits per heavy atom. The first kappa shape index (κ1) is 16.0. The fraction of sp³-hybridized carbons (Fsp3) is 0.529. The number of amides is 2. The lowest BCUT2D eigenvalue weighted by Gasteiger charge is -2.33. The van der Waals surface area contributed by atoms with Crippen LogP contribution in [0.3, 0.4) is 0 Å². The normalized spacial score (nSPS) is 21.3. The highest BCUT2D eigenvalue weighted by Gasteiger charge is 2.29. The number of piperidine rings is 1. The molecule has 1 aromatic heterocycles. The minimum atomic E-state index is -0.338. The summed E-state index contributed by atoms with van der Waals surface area (Å²) in [4.78, 5) is 27.7. The molecule has 25 heavy (non-hydrogen) atoms. The molecule has 0 spiro atoms. The Hall–Kier alpha value is -2.51. The molecule has 2 amide bonds. The molecule has 1 aromatic carbocycles. The Kier molecular flexibility index (Phi) is 4.10. The summed E-state index contributed by atoms with van der Waals surface area (Å²) in [6.07, 6.45) is 3.13. The maximum atomic E-state index is 13.3. The zero-order valence-corrected chi connectivity index (χ0v) is 13.9. The van der Waals surface area contributed by atoms with Crippen LogP contribution in [-0.2, 0) is 9.59 Å². The van der Waals surface area contributed by atoms with E-state index in [9.17, 15) is 14.0 Å². The third-order valence-electron chi connectivity index (χ3n) is 5.03. The molecule has 0 radical (unpaired) electrons. The summed E-state index contributed by atoms with van der Waals surface area (Å²) in [5, 5.41) is 8.20. The van der Waals surface area contributed by atoms with Gasteiger partial charge in [-0.2, -0.15) is 0 Å². The summed E-state index contributed by atoms with van der Waals surface area (Å²) < 4.78 is 15.1. The van der Waals surface area contributed by atoms with Crippen molar-refractivity contribution in [1.82, 2.24) is 24.8 Å². The second-order valence-electron chi connectivity index (χ2n) is 6.72. The van der Waals surface area contributed by atoms with E-state index in [4.69, 9.17) is 0 Å². The minimum absolute atomic E-state index is 0.0161. The Labute approximate surface area is 144 Å². The van der Waals surface area contributed by atoms with Crippen molar-refractivity contribution < 1.29 is 14.0 Å². The molecule has 8 heteroatoms. The van der Waals surface area contributed by atoms with Crippen molar-refractivity contribution in [2.45, 2.75) is 31.7 Å². The van der Waals surface area contributed by atoms with Gasteiger partial charge in [-0.15, -0.1) is 5.10 Å². The Morgan fingerprint density at radius 3 is 2.96 bits per heavy atom. The summed E-state index contributed by atoms with van der Waals surface area (Å²) in [7, 11) is 0. The van der Waals surface area contributed by atoms with E-state index in [1.165, 1.54) is 12.1 Å². The molecule has 2 aliphatic rings. The van der Waals surface area contributed by atoms with Crippen LogP contribution in [0, 0.1) is 5.82 Å². The maximum absolute atomic E-state index is 13.3. The van der Waals surface area contributed by atoms with Crippen molar-refractivity contribution in [1.29, 1.82) is 0 Å². The molecule has 0 bridgehead atoms. The van der Waals surface area contributed by atoms with E-state index >= 15 is 0 Å². The van der Waals surface area contributed by atoms with Gasteiger partial charge < -0.3 is 9.80 Å². The predicted molar refractivity (Wildman–Crippen MR) is 88.2 cm³/mol. The number of nitrogens with zero attached hydrogens (tertiary/aromatic N) is 5. The number of carbonyl (C=O) groups excluding carboxylic acids is 2. The van der Waals surface area contributed by atoms with Crippen LogP contribution < -0.4 is 0 Å². The zero-order chi connectivity index (χ0) is 17.4. The van der Waals surface area contributed by atoms with Crippen LogP contribution in [-0.4, -0.2) is 62.8 Å². The molecular formula is C17H20FN5O2. The molecule has 2 fully saturated rings. The Morgan fingerprint density at radius 1 is 1.28 bits per heavy atom. The van der Waals surface area contributed by atoms with Crippen molar-refractivity contribution in [3.8, 4) is 0 Å². The molecule has 4 rings (SSSR count). The summed E-state index contributed by atoms with van der Waals surface area (Å²) in [6.45, 7) is 2.06. The third-order valence-corrected chi connectivity index (χ3v) is 5.03. The number of fused-ring (bicyclic) bond motifs is 1. The van der Waals surface area contributed by atoms with Gasteiger partial charge in [-0.25, -0.2) is 9.07 Å². The second kappa shape index (κ2) is 6.42. The van der Waals surface area contributed by atoms with Crippen molar-refractivity contribution in [3.63, 3.8) is 0 Å². The van der Waals surface area contributed by atoms with E-state index in [1.807, 2.05) is 0 Å². The van der Waals surface area contributed by atoms with Gasteiger partial charge in [0, 0.05) is 32.1 Å². The van der Waals surface area contributed by atoms with Crippen LogP contribution in [0.4, 0.5) is 4.39 Å². The van der Waals surface area contributed by atoms with Gasteiger partial charge in [-0.3, -0.25) is 9.59 Å². The van der Waals surface area contributed by atoms with Crippen LogP contribution in [0.2, 0.25) is 0 Å². The van der Waals surface area contributed by atoms with Gasteiger partial charge in [0.1, 0.15) is 11.3 Å². The smallest absolute Gasteiger partial charge is 0.242 e. The lowest BCUT2D eigenvalue weighted by atomic mass is 10.1. The Balaban J connectivity index is 1.48. The van der Waals surface area contributed by atoms with Gasteiger partial charge in [-0.05, 0) is 31.4 Å². The summed E-state index contributed by atoms with van der Waals surface area (Å²) in [5.74, 6) is -0.295. The average Bonchev–Trinajstić information content (AvgIpc) is 3.21. The van der Waals surface area contributed by atoms with Gasteiger partial charge >= 0.3 is 0 Å². The number of hydrogen-bond donors (Lipinski definition) is 0. The van der Waals surface area contributed by atoms with Crippen LogP contribution in [0.5, 0.6) is 0 Å². The largest absolute Gasteiger partial charge is 0.339 e. The number of hydrogen-bond acceptors (Lipinski definition) is 4. The highest BCUT2D eigenvalue weighted by Crippen LogP contribution is 2.25. The van der Waals surface area contributed by atoms with Crippen LogP contribution in [0.15, 0.2) is 18.2 Å². The van der Waals surface area contributed by atoms with Gasteiger partial charge in [0.2, 0.25) is 11.8 Å². The van der Waals surface area contributed by atoms with E-state index in [-0.39, 0.29) is 30.2 Å². The number of halogens is 1. The van der Waals surface area contributed by atoms with Crippen molar-refractivity contribution in [2.24, 2.45) is 0 Å². The zero-order valence-electron chi connectivity index (χ0n) is 13.9. The highest BCUT2D eigenvalue weighted by atomic mass is 19.1. The number of rotatable bonds is 3. The lowest BCUT2D eigenvalue weighted by molar-refractivity contribution is -0.139. The van der Waals surface area contributed by atoms with Crippen LogP contribution >= 0.6 is 0 Å². The standard InChI is InChI=1S/C17H20FN5O2/c18-12-5-6-15-14(9-12)19-20-23(15)13-3-1-7-21(10-13)17(25)11-22-8-2-4-16(22)24/h5-6,9,13H,1-4,7-8,10-11H2. The van der Waals surface area contributed by atoms with Crippen LogP contribution in [0.25, 0.3) is 11.0 Å². The maximum Gasteiger partial charge on any atom is 0.242 e. The fourth-order valence-corrected chi connectivity index (χ4v) is 3.70. The number of likely N-dealkylation sites (tertiary alicyclic amines) is 2. The highest BCUT2D eigenvalue weighted by molar-refractivity contribution is 5.86. The van der Waals surface area contributed by atoms with E-state index in [2.05, 4.69) is 10.3 Å². The lowest BCUT2D eigenvalue weighted by Crippen LogP contribution is -2.46. The topological polar surface area (TPSA) is 71.3 Å². The molecule has 2 aromatic rings. The first-order valence-corrected chi connectivity index (χ1v) is 8.68. The molecule has 0 N–H and O–H groups in total. The molecule has 2 aliphatic heterocycles. The van der Waals surface area contributed by atoms with Crippen molar-refractivity contribution >= 4 is 22.8 Å². The molecule has 3 heterocycles. The van der Waals surface area contributed by atoms with Gasteiger partial charge in [0.05, 0.1) is 18.1 Å². The quantitative estimate of drug-likeness (QED) is 0.842. The molecular weight excluding hydrogens is 325 g/mol. The third kappa shape index (κ3) is 3.08. The van der Waals surface area contributed by atoms with Crippen molar-refractivity contribution in [3.05, 3.63) is 24.0 Å². The van der Waals surface area contributed by atoms with Gasteiger partial charge in [0.15, 0.2) is 0 Å². The van der Waals surface area contributed by atoms with E-state index in [0.29, 0.717) is 31.6 Å². The molecule has 2 saturated heterocycles. The fourth-order valence-electron chi connectivity index (χ4n) is 3.70. The molecule has 0 aliphatic carbocycles. The summed E-state index contributed by atoms with van der Waals surface area (Å²) in [6, 6.07) is 4.45. The first-order valence-electron chi connectivity index (χ1n) is 8.68. The molecule has 0 saturated carbocycles. The summed E-state index contributed by atoms with van der Waals surface area (Å²) in [5.41, 5.74) is 1.29. The van der Waals surface area contributed by atoms with E-state index in [0.717, 1.165) is 24.8 Å². The molecule has 1 atom stereocenters. The van der Waals surface area contributed by atoms with Crippen LogP contribution in [0.1, 0.15) is 31.7 Å². The number of benzene rings is 1. The SMILES string of the molecule is O=C1CCCN1CC(=O)N1CCCC(n2nnc3cc(F)ccc32)C1. The number of aromatic nitrogens is 3. The predicted octanol–water partition coefficient (Wildman–Crippen LogP) is 1.36. The first-order chi connectivity index (χ1) is 12.1. The monoisotopic (exact) mass is 345 g/mol. The van der Waals surface area contributed by atoms with E-state index in [1.54, 1.807) is 20.5 Å². The summed E-state index contributed by atoms with van der Waals surface area (Å²) >= 11 is 0. The minimum Gasteiger partial charge on any atom is -0.339 e. The van der Waals surface area contributed by atoms with Crippen molar-refractivity contribution in [2.75, 3.05) is 26.2 Å². The number of carbonyl (C=O) groups is 2. The second-order valence-corrected chi connectivity index (χ2v) is 6.72. The molecule has 1 unspecified atom stereocenters.